The average Bonchev–Trinajstić information content (AvgIpc) is 2.36. The van der Waals surface area contributed by atoms with Crippen LogP contribution in [0.5, 0.6) is 0 Å². The van der Waals surface area contributed by atoms with Crippen LogP contribution in [0.1, 0.15) is 18.6 Å². The molecule has 0 aromatic carbocycles. The van der Waals surface area contributed by atoms with Gasteiger partial charge in [-0.2, -0.15) is 11.3 Å². The molecule has 2 atom stereocenters. The quantitative estimate of drug-likeness (QED) is 0.678. The first kappa shape index (κ1) is 7.72. The van der Waals surface area contributed by atoms with Gasteiger partial charge in [-0.25, -0.2) is 0 Å². The van der Waals surface area contributed by atoms with Crippen LogP contribution < -0.4 is 0 Å². The predicted octanol–water partition coefficient (Wildman–Crippen LogP) is 1.16. The van der Waals surface area contributed by atoms with Gasteiger partial charge in [0.15, 0.2) is 0 Å². The number of aliphatic hydroxyl groups is 2. The molecule has 0 aliphatic rings. The third-order valence-corrected chi connectivity index (χ3v) is 2.04. The Hall–Kier alpha value is -0.380. The van der Waals surface area contributed by atoms with E-state index in [9.17, 15) is 5.11 Å². The van der Waals surface area contributed by atoms with Crippen molar-refractivity contribution in [3.63, 3.8) is 0 Å². The van der Waals surface area contributed by atoms with Crippen LogP contribution in [-0.4, -0.2) is 16.3 Å². The minimum absolute atomic E-state index is 0.686. The van der Waals surface area contributed by atoms with Gasteiger partial charge >= 0.3 is 0 Å². The van der Waals surface area contributed by atoms with Crippen molar-refractivity contribution < 1.29 is 10.2 Å². The summed E-state index contributed by atoms with van der Waals surface area (Å²) in [6, 6.07) is 1.81. The van der Waals surface area contributed by atoms with Gasteiger partial charge in [-0.05, 0) is 29.3 Å². The molecule has 0 radical (unpaired) electrons. The summed E-state index contributed by atoms with van der Waals surface area (Å²) >= 11 is 1.51. The Kier molecular flexibility index (Phi) is 2.43. The smallest absolute Gasteiger partial charge is 0.105 e. The number of rotatable bonds is 2. The fourth-order valence-corrected chi connectivity index (χ4v) is 1.41. The topological polar surface area (TPSA) is 40.5 Å². The van der Waals surface area contributed by atoms with E-state index in [2.05, 4.69) is 0 Å². The van der Waals surface area contributed by atoms with Crippen molar-refractivity contribution in [2.45, 2.75) is 19.1 Å². The van der Waals surface area contributed by atoms with Crippen LogP contribution in [0, 0.1) is 0 Å². The highest BCUT2D eigenvalue weighted by atomic mass is 32.1. The van der Waals surface area contributed by atoms with E-state index >= 15 is 0 Å². The molecule has 10 heavy (non-hydrogen) atoms. The summed E-state index contributed by atoms with van der Waals surface area (Å²) in [6.07, 6.45) is -1.42. The van der Waals surface area contributed by atoms with Gasteiger partial charge in [0.1, 0.15) is 6.10 Å². The molecule has 2 unspecified atom stereocenters. The summed E-state index contributed by atoms with van der Waals surface area (Å²) in [5.74, 6) is 0. The van der Waals surface area contributed by atoms with Crippen LogP contribution in [0.2, 0.25) is 0 Å². The molecule has 0 fully saturated rings. The molecule has 1 aromatic rings. The van der Waals surface area contributed by atoms with Crippen molar-refractivity contribution in [3.05, 3.63) is 22.4 Å². The third kappa shape index (κ3) is 1.56. The predicted molar refractivity (Wildman–Crippen MR) is 41.0 cm³/mol. The number of thiophene rings is 1. The van der Waals surface area contributed by atoms with Gasteiger partial charge < -0.3 is 10.2 Å². The molecule has 0 saturated carbocycles. The van der Waals surface area contributed by atoms with Crippen LogP contribution in [0.3, 0.4) is 0 Å². The van der Waals surface area contributed by atoms with Crippen molar-refractivity contribution in [2.24, 2.45) is 0 Å². The average molecular weight is 158 g/mol. The Morgan fingerprint density at radius 1 is 1.50 bits per heavy atom. The first-order valence-corrected chi connectivity index (χ1v) is 4.04. The fraction of sp³-hybridized carbons (Fsp3) is 0.429. The Morgan fingerprint density at radius 3 is 2.60 bits per heavy atom. The maximum Gasteiger partial charge on any atom is 0.105 e. The van der Waals surface area contributed by atoms with Gasteiger partial charge in [-0.15, -0.1) is 0 Å². The van der Waals surface area contributed by atoms with Crippen molar-refractivity contribution in [3.8, 4) is 0 Å². The lowest BCUT2D eigenvalue weighted by molar-refractivity contribution is 0.0308. The van der Waals surface area contributed by atoms with Crippen LogP contribution >= 0.6 is 11.3 Å². The minimum atomic E-state index is -0.730. The number of hydrogen-bond donors (Lipinski definition) is 2. The first-order valence-electron chi connectivity index (χ1n) is 3.10. The lowest BCUT2D eigenvalue weighted by Gasteiger charge is -2.10. The van der Waals surface area contributed by atoms with Gasteiger partial charge in [0.05, 0.1) is 6.10 Å². The van der Waals surface area contributed by atoms with Gasteiger partial charge in [0.2, 0.25) is 0 Å². The zero-order valence-corrected chi connectivity index (χ0v) is 6.51. The van der Waals surface area contributed by atoms with E-state index in [0.29, 0.717) is 0 Å². The van der Waals surface area contributed by atoms with Crippen LogP contribution in [0.15, 0.2) is 16.8 Å². The Balaban J connectivity index is 2.68. The van der Waals surface area contributed by atoms with Crippen molar-refractivity contribution in [1.29, 1.82) is 0 Å². The summed E-state index contributed by atoms with van der Waals surface area (Å²) in [5.41, 5.74) is 0.792. The minimum Gasteiger partial charge on any atom is -0.390 e. The molecule has 2 nitrogen and oxygen atoms in total. The molecule has 0 aliphatic heterocycles. The second-order valence-corrected chi connectivity index (χ2v) is 3.02. The van der Waals surface area contributed by atoms with Crippen LogP contribution in [0.4, 0.5) is 0 Å². The molecule has 1 heterocycles. The van der Waals surface area contributed by atoms with E-state index in [0.717, 1.165) is 5.56 Å². The monoisotopic (exact) mass is 158 g/mol. The van der Waals surface area contributed by atoms with Gasteiger partial charge in [0.25, 0.3) is 0 Å². The van der Waals surface area contributed by atoms with Crippen molar-refractivity contribution >= 4 is 11.3 Å². The molecule has 3 heteroatoms. The van der Waals surface area contributed by atoms with E-state index in [1.807, 2.05) is 16.8 Å². The number of aliphatic hydroxyl groups excluding tert-OH is 2. The highest BCUT2D eigenvalue weighted by Gasteiger charge is 2.12. The SMILES string of the molecule is CC(O)C(O)c1ccsc1. The summed E-state index contributed by atoms with van der Waals surface area (Å²) in [4.78, 5) is 0. The molecule has 1 rings (SSSR count). The van der Waals surface area contributed by atoms with E-state index < -0.39 is 12.2 Å². The Bertz CT molecular complexity index is 181. The van der Waals surface area contributed by atoms with Crippen LogP contribution in [-0.2, 0) is 0 Å². The zero-order valence-electron chi connectivity index (χ0n) is 5.69. The second-order valence-electron chi connectivity index (χ2n) is 2.24. The molecular weight excluding hydrogens is 148 g/mol. The molecule has 0 aliphatic carbocycles. The molecule has 1 aromatic heterocycles. The maximum absolute atomic E-state index is 9.24. The highest BCUT2D eigenvalue weighted by molar-refractivity contribution is 7.07. The first-order chi connectivity index (χ1) is 4.72. The summed E-state index contributed by atoms with van der Waals surface area (Å²) < 4.78 is 0. The normalized spacial score (nSPS) is 16.7. The lowest BCUT2D eigenvalue weighted by Crippen LogP contribution is -2.12. The van der Waals surface area contributed by atoms with Gasteiger partial charge in [-0.1, -0.05) is 0 Å². The fourth-order valence-electron chi connectivity index (χ4n) is 0.722. The molecule has 0 bridgehead atoms. The Labute approximate surface area is 63.8 Å². The Morgan fingerprint density at radius 2 is 2.20 bits per heavy atom. The second kappa shape index (κ2) is 3.14. The summed E-state index contributed by atoms with van der Waals surface area (Å²) in [5, 5.41) is 21.9. The molecule has 0 spiro atoms. The maximum atomic E-state index is 9.24. The van der Waals surface area contributed by atoms with Crippen LogP contribution in [0.25, 0.3) is 0 Å². The van der Waals surface area contributed by atoms with Crippen molar-refractivity contribution in [1.82, 2.24) is 0 Å². The van der Waals surface area contributed by atoms with Crippen molar-refractivity contribution in [2.75, 3.05) is 0 Å². The van der Waals surface area contributed by atoms with Gasteiger partial charge in [-0.3, -0.25) is 0 Å². The molecule has 0 amide bonds. The number of hydrogen-bond acceptors (Lipinski definition) is 3. The highest BCUT2D eigenvalue weighted by Crippen LogP contribution is 2.18. The van der Waals surface area contributed by atoms with E-state index in [1.54, 1.807) is 6.92 Å². The standard InChI is InChI=1S/C7H10O2S/c1-5(8)7(9)6-2-3-10-4-6/h2-5,7-9H,1H3. The summed E-state index contributed by atoms with van der Waals surface area (Å²) in [6.45, 7) is 1.57. The molecular formula is C7H10O2S. The van der Waals surface area contributed by atoms with E-state index in [-0.39, 0.29) is 0 Å². The third-order valence-electron chi connectivity index (χ3n) is 1.34. The molecule has 0 saturated heterocycles. The molecule has 56 valence electrons. The largest absolute Gasteiger partial charge is 0.390 e. The summed E-state index contributed by atoms with van der Waals surface area (Å²) in [7, 11) is 0. The van der Waals surface area contributed by atoms with E-state index in [1.165, 1.54) is 11.3 Å². The zero-order chi connectivity index (χ0) is 7.56. The van der Waals surface area contributed by atoms with Gasteiger partial charge in [0, 0.05) is 0 Å². The van der Waals surface area contributed by atoms with E-state index in [4.69, 9.17) is 5.11 Å². The molecule has 2 N–H and O–H groups in total. The lowest BCUT2D eigenvalue weighted by atomic mass is 10.1.